The molecule has 9 N–H and O–H groups in total. The Morgan fingerprint density at radius 2 is 0.471 bits per heavy atom. The average Bonchev–Trinajstić information content (AvgIpc) is 1.41. The van der Waals surface area contributed by atoms with Crippen LogP contribution in [-0.2, 0) is 13.7 Å². The van der Waals surface area contributed by atoms with Crippen LogP contribution in [0.15, 0.2) is 0 Å². The minimum Gasteiger partial charge on any atom is -1.00 e. The summed E-state index contributed by atoms with van der Waals surface area (Å²) in [5.41, 5.74) is 0. The maximum atomic E-state index is 8.88. The Labute approximate surface area is 183 Å². The summed E-state index contributed by atoms with van der Waals surface area (Å²) in [6, 6.07) is 0. The number of hydrogen-bond acceptors (Lipinski definition) is 3. The molecule has 0 aromatic carbocycles. The summed E-state index contributed by atoms with van der Waals surface area (Å²) in [6.07, 6.45) is 0. The summed E-state index contributed by atoms with van der Waals surface area (Å²) in [5, 5.41) is 0. The monoisotopic (exact) mass is 374 g/mol. The molecule has 0 spiro atoms. The van der Waals surface area contributed by atoms with Gasteiger partial charge in [-0.2, -0.15) is 0 Å². The molecule has 0 bridgehead atoms. The van der Waals surface area contributed by atoms with Gasteiger partial charge in [0, 0.05) is 0 Å². The standard InChI is InChI=1S/2K.3H3O4P.2H/c;;3*1-5(2,3)4;;/h;;3*(H3,1,2,3,4);;/q2*+1;;;;2*-1. The third-order valence-corrected chi connectivity index (χ3v) is 0. The van der Waals surface area contributed by atoms with Gasteiger partial charge in [0.25, 0.3) is 0 Å². The molecule has 17 heavy (non-hydrogen) atoms. The van der Waals surface area contributed by atoms with Crippen LogP contribution in [0.5, 0.6) is 0 Å². The molecule has 12 nitrogen and oxygen atoms in total. The van der Waals surface area contributed by atoms with Crippen LogP contribution in [0.2, 0.25) is 0 Å². The molecule has 0 aliphatic carbocycles. The van der Waals surface area contributed by atoms with Crippen molar-refractivity contribution in [3.63, 3.8) is 0 Å². The van der Waals surface area contributed by atoms with Crippen molar-refractivity contribution >= 4 is 23.5 Å². The predicted octanol–water partition coefficient (Wildman–Crippen LogP) is -8.55. The minimum absolute atomic E-state index is 0. The average molecular weight is 374 g/mol. The van der Waals surface area contributed by atoms with E-state index < -0.39 is 23.5 Å². The van der Waals surface area contributed by atoms with E-state index in [2.05, 4.69) is 0 Å². The minimum atomic E-state index is -4.64. The molecule has 0 rings (SSSR count). The van der Waals surface area contributed by atoms with E-state index in [9.17, 15) is 0 Å². The first-order chi connectivity index (χ1) is 6.00. The molecule has 0 fully saturated rings. The SMILES string of the molecule is O=P(O)(O)O.O=P(O)(O)O.O=P(O)(O)O.[H-].[H-].[K+].[K+]. The van der Waals surface area contributed by atoms with Crippen LogP contribution >= 0.6 is 23.5 Å². The van der Waals surface area contributed by atoms with Gasteiger partial charge in [-0.15, -0.1) is 0 Å². The van der Waals surface area contributed by atoms with Gasteiger partial charge in [-0.05, 0) is 0 Å². The number of phosphoric acid groups is 3. The molecule has 0 radical (unpaired) electrons. The van der Waals surface area contributed by atoms with Crippen LogP contribution in [0, 0.1) is 0 Å². The fourth-order valence-electron chi connectivity index (χ4n) is 0. The topological polar surface area (TPSA) is 233 Å². The zero-order valence-electron chi connectivity index (χ0n) is 10.6. The van der Waals surface area contributed by atoms with Gasteiger partial charge in [0.15, 0.2) is 0 Å². The van der Waals surface area contributed by atoms with Gasteiger partial charge in [-0.25, -0.2) is 13.7 Å². The van der Waals surface area contributed by atoms with Crippen LogP contribution in [0.25, 0.3) is 0 Å². The van der Waals surface area contributed by atoms with E-state index in [0.717, 1.165) is 0 Å². The van der Waals surface area contributed by atoms with Crippen molar-refractivity contribution in [3.05, 3.63) is 0 Å². The van der Waals surface area contributed by atoms with Crippen LogP contribution < -0.4 is 103 Å². The Hall–Kier alpha value is 3.60. The third kappa shape index (κ3) is 468. The normalized spacial score (nSPS) is 10.4. The summed E-state index contributed by atoms with van der Waals surface area (Å²) in [6.45, 7) is 0. The van der Waals surface area contributed by atoms with E-state index in [1.807, 2.05) is 0 Å². The van der Waals surface area contributed by atoms with E-state index in [-0.39, 0.29) is 106 Å². The molecule has 0 aromatic rings. The van der Waals surface area contributed by atoms with Gasteiger partial charge in [-0.3, -0.25) is 0 Å². The molecule has 0 aliphatic heterocycles. The summed E-state index contributed by atoms with van der Waals surface area (Å²) in [4.78, 5) is 64.7. The molecule has 0 heterocycles. The first-order valence-corrected chi connectivity index (χ1v) is 7.04. The number of rotatable bonds is 0. The van der Waals surface area contributed by atoms with Crippen molar-refractivity contribution < 1.29 is 163 Å². The fourth-order valence-corrected chi connectivity index (χ4v) is 0. The molecular formula is H11K2O12P3. The Morgan fingerprint density at radius 3 is 0.471 bits per heavy atom. The Bertz CT molecular complexity index is 215. The Morgan fingerprint density at radius 1 is 0.471 bits per heavy atom. The first kappa shape index (κ1) is 32.5. The van der Waals surface area contributed by atoms with Crippen molar-refractivity contribution in [2.24, 2.45) is 0 Å². The second-order valence-corrected chi connectivity index (χ2v) is 4.62. The summed E-state index contributed by atoms with van der Waals surface area (Å²) < 4.78 is 26.6. The largest absolute Gasteiger partial charge is 1.00 e. The second kappa shape index (κ2) is 14.5. The fraction of sp³-hybridized carbons (Fsp3) is 0. The van der Waals surface area contributed by atoms with E-state index in [1.165, 1.54) is 0 Å². The van der Waals surface area contributed by atoms with Gasteiger partial charge < -0.3 is 46.9 Å². The smallest absolute Gasteiger partial charge is 1.00 e. The van der Waals surface area contributed by atoms with Gasteiger partial charge in [0.05, 0.1) is 0 Å². The molecule has 0 aromatic heterocycles. The molecule has 0 atom stereocenters. The Balaban J connectivity index is -0.0000000206. The zero-order chi connectivity index (χ0) is 13.5. The van der Waals surface area contributed by atoms with Gasteiger partial charge in [0.1, 0.15) is 0 Å². The van der Waals surface area contributed by atoms with E-state index in [4.69, 9.17) is 57.7 Å². The van der Waals surface area contributed by atoms with E-state index in [1.54, 1.807) is 0 Å². The number of hydrogen-bond donors (Lipinski definition) is 9. The summed E-state index contributed by atoms with van der Waals surface area (Å²) >= 11 is 0. The van der Waals surface area contributed by atoms with Crippen LogP contribution in [0.4, 0.5) is 0 Å². The Kier molecular flexibility index (Phi) is 27.8. The van der Waals surface area contributed by atoms with Gasteiger partial charge in [-0.1, -0.05) is 0 Å². The van der Waals surface area contributed by atoms with Crippen molar-refractivity contribution in [1.82, 2.24) is 0 Å². The summed E-state index contributed by atoms with van der Waals surface area (Å²) in [7, 11) is -13.9. The van der Waals surface area contributed by atoms with Crippen LogP contribution in [-0.4, -0.2) is 44.0 Å². The van der Waals surface area contributed by atoms with Crippen molar-refractivity contribution in [2.75, 3.05) is 0 Å². The molecule has 0 amide bonds. The van der Waals surface area contributed by atoms with Crippen molar-refractivity contribution in [1.29, 1.82) is 0 Å². The van der Waals surface area contributed by atoms with E-state index in [0.29, 0.717) is 0 Å². The summed E-state index contributed by atoms with van der Waals surface area (Å²) in [5.74, 6) is 0. The molecule has 0 aliphatic rings. The van der Waals surface area contributed by atoms with Gasteiger partial charge >= 0.3 is 126 Å². The van der Waals surface area contributed by atoms with Crippen LogP contribution in [0.1, 0.15) is 2.85 Å². The molecule has 100 valence electrons. The molecule has 0 saturated carbocycles. The second-order valence-electron chi connectivity index (χ2n) is 1.54. The predicted molar refractivity (Wildman–Crippen MR) is 45.0 cm³/mol. The van der Waals surface area contributed by atoms with E-state index >= 15 is 0 Å². The quantitative estimate of drug-likeness (QED) is 0.142. The van der Waals surface area contributed by atoms with Crippen LogP contribution in [0.3, 0.4) is 0 Å². The maximum Gasteiger partial charge on any atom is 1.00 e. The first-order valence-electron chi connectivity index (χ1n) is 2.35. The van der Waals surface area contributed by atoms with Crippen molar-refractivity contribution in [3.8, 4) is 0 Å². The van der Waals surface area contributed by atoms with Crippen molar-refractivity contribution in [2.45, 2.75) is 0 Å². The third-order valence-electron chi connectivity index (χ3n) is 0. The zero-order valence-corrected chi connectivity index (χ0v) is 17.5. The molecular weight excluding hydrogens is 363 g/mol. The molecule has 17 heteroatoms. The molecule has 0 saturated heterocycles. The van der Waals surface area contributed by atoms with Gasteiger partial charge in [0.2, 0.25) is 0 Å². The maximum absolute atomic E-state index is 8.88. The molecule has 0 unspecified atom stereocenters.